The largest absolute Gasteiger partial charge is 0.313 e. The molecule has 0 amide bonds. The van der Waals surface area contributed by atoms with Crippen molar-refractivity contribution >= 4 is 38.8 Å². The van der Waals surface area contributed by atoms with Gasteiger partial charge in [-0.05, 0) is 66.9 Å². The smallest absolute Gasteiger partial charge is 0.0541 e. The van der Waals surface area contributed by atoms with Crippen LogP contribution in [0.4, 0.5) is 0 Å². The quantitative estimate of drug-likeness (QED) is 0.191. The Morgan fingerprint density at radius 1 is 0.585 bits per heavy atom. The van der Waals surface area contributed by atoms with Crippen molar-refractivity contribution in [2.45, 2.75) is 19.8 Å². The van der Waals surface area contributed by atoms with Crippen LogP contribution in [0.2, 0.25) is 0 Å². The second-order valence-corrected chi connectivity index (χ2v) is 10.5. The molecule has 0 saturated carbocycles. The van der Waals surface area contributed by atoms with Crippen LogP contribution in [0.1, 0.15) is 28.8 Å². The topological polar surface area (TPSA) is 9.86 Å². The molecule has 0 fully saturated rings. The van der Waals surface area contributed by atoms with Gasteiger partial charge >= 0.3 is 0 Å². The van der Waals surface area contributed by atoms with Crippen LogP contribution in [0.3, 0.4) is 0 Å². The second-order valence-electron chi connectivity index (χ2n) is 10.5. The highest BCUT2D eigenvalue weighted by Gasteiger charge is 2.14. The zero-order chi connectivity index (χ0) is 27.8. The Hall–Kier alpha value is -5.26. The summed E-state index contributed by atoms with van der Waals surface area (Å²) in [5.74, 6) is 2.70. The van der Waals surface area contributed by atoms with Gasteiger partial charge in [-0.15, -0.1) is 12.3 Å². The molecule has 0 atom stereocenters. The molecule has 0 N–H and O–H groups in total. The number of aromatic nitrogens is 2. The first-order chi connectivity index (χ1) is 20.2. The summed E-state index contributed by atoms with van der Waals surface area (Å²) in [5.41, 5.74) is 11.1. The molecule has 2 heteroatoms. The fraction of sp³-hybridized carbons (Fsp3) is 0.0769. The van der Waals surface area contributed by atoms with Gasteiger partial charge in [-0.25, -0.2) is 0 Å². The lowest BCUT2D eigenvalue weighted by molar-refractivity contribution is 1.04. The van der Waals surface area contributed by atoms with Crippen molar-refractivity contribution in [2.75, 3.05) is 0 Å². The normalized spacial score (nSPS) is 11.6. The van der Waals surface area contributed by atoms with E-state index in [0.29, 0.717) is 6.42 Å². The number of hydrogen-bond acceptors (Lipinski definition) is 0. The Balaban J connectivity index is 1.17. The van der Waals surface area contributed by atoms with E-state index in [9.17, 15) is 0 Å². The molecule has 0 aliphatic carbocycles. The maximum absolute atomic E-state index is 5.47. The van der Waals surface area contributed by atoms with Gasteiger partial charge in [0, 0.05) is 45.2 Å². The third kappa shape index (κ3) is 4.33. The number of rotatable bonds is 6. The Kier molecular flexibility index (Phi) is 6.26. The summed E-state index contributed by atoms with van der Waals surface area (Å²) in [5, 5.41) is 3.81. The average Bonchev–Trinajstić information content (AvgIpc) is 3.50. The molecule has 0 aliphatic rings. The zero-order valence-corrected chi connectivity index (χ0v) is 23.1. The van der Waals surface area contributed by atoms with E-state index in [2.05, 4.69) is 155 Å². The molecule has 0 radical (unpaired) electrons. The van der Waals surface area contributed by atoms with Gasteiger partial charge < -0.3 is 9.13 Å². The fourth-order valence-corrected chi connectivity index (χ4v) is 6.14. The summed E-state index contributed by atoms with van der Waals surface area (Å²) >= 11 is 0. The van der Waals surface area contributed by atoms with E-state index in [1.54, 1.807) is 0 Å². The minimum absolute atomic E-state index is 0.632. The molecular weight excluding hydrogens is 496 g/mol. The van der Waals surface area contributed by atoms with E-state index in [-0.39, 0.29) is 0 Å². The lowest BCUT2D eigenvalue weighted by Crippen LogP contribution is -1.98. The Labute approximate surface area is 240 Å². The molecule has 5 aromatic carbocycles. The van der Waals surface area contributed by atoms with Crippen LogP contribution in [0, 0.1) is 19.3 Å². The highest BCUT2D eigenvalue weighted by Crippen LogP contribution is 2.33. The van der Waals surface area contributed by atoms with Crippen molar-refractivity contribution in [1.29, 1.82) is 0 Å². The lowest BCUT2D eigenvalue weighted by atomic mass is 10.0. The number of nitrogens with zero attached hydrogens (tertiary/aromatic N) is 2. The maximum Gasteiger partial charge on any atom is 0.0541 e. The van der Waals surface area contributed by atoms with E-state index in [1.165, 1.54) is 66.5 Å². The number of fused-ring (bicyclic) bond motifs is 4. The Morgan fingerprint density at radius 2 is 1.05 bits per heavy atom. The van der Waals surface area contributed by atoms with Gasteiger partial charge in [0.15, 0.2) is 0 Å². The predicted molar refractivity (Wildman–Crippen MR) is 174 cm³/mol. The number of allylic oxidation sites excluding steroid dienone is 1. The minimum Gasteiger partial charge on any atom is -0.313 e. The van der Waals surface area contributed by atoms with Crippen LogP contribution in [-0.2, 0) is 6.42 Å². The second kappa shape index (κ2) is 10.4. The molecule has 0 spiro atoms. The van der Waals surface area contributed by atoms with Crippen LogP contribution in [0.25, 0.3) is 50.2 Å². The first-order valence-corrected chi connectivity index (χ1v) is 14.1. The Bertz CT molecular complexity index is 2040. The molecule has 7 aromatic rings. The van der Waals surface area contributed by atoms with E-state index < -0.39 is 0 Å². The summed E-state index contributed by atoms with van der Waals surface area (Å²) < 4.78 is 4.71. The SMILES string of the molecule is C#CC/C=C\c1c(C)n(-c2ccc(Cc3ccc(-n4c5ccccc5c5ccccc54)cc3)cc2)c2ccccc12. The highest BCUT2D eigenvalue weighted by atomic mass is 15.0. The first kappa shape index (κ1) is 24.8. The van der Waals surface area contributed by atoms with Gasteiger partial charge in [0.05, 0.1) is 16.6 Å². The summed E-state index contributed by atoms with van der Waals surface area (Å²) in [6, 6.07) is 43.8. The van der Waals surface area contributed by atoms with Crippen molar-refractivity contribution in [2.24, 2.45) is 0 Å². The van der Waals surface area contributed by atoms with Crippen molar-refractivity contribution < 1.29 is 0 Å². The number of benzene rings is 5. The van der Waals surface area contributed by atoms with Crippen LogP contribution < -0.4 is 0 Å². The molecule has 41 heavy (non-hydrogen) atoms. The van der Waals surface area contributed by atoms with Gasteiger partial charge in [0.25, 0.3) is 0 Å². The number of hydrogen-bond donors (Lipinski definition) is 0. The summed E-state index contributed by atoms with van der Waals surface area (Å²) in [4.78, 5) is 0. The molecule has 2 nitrogen and oxygen atoms in total. The molecule has 2 heterocycles. The average molecular weight is 527 g/mol. The monoisotopic (exact) mass is 526 g/mol. The van der Waals surface area contributed by atoms with Gasteiger partial charge in [0.2, 0.25) is 0 Å². The standard InChI is InChI=1S/C39H30N2/c1-3-4-5-12-33-28(2)40(37-16-9-6-13-34(33)37)31-23-19-29(20-24-31)27-30-21-25-32(26-22-30)41-38-17-10-7-14-35(38)36-15-8-11-18-39(36)41/h1,5-26H,4,27H2,2H3/b12-5-. The third-order valence-corrected chi connectivity index (χ3v) is 8.06. The summed E-state index contributed by atoms with van der Waals surface area (Å²) in [6.07, 6.45) is 11.2. The predicted octanol–water partition coefficient (Wildman–Crippen LogP) is 9.66. The minimum atomic E-state index is 0.632. The van der Waals surface area contributed by atoms with Gasteiger partial charge in [0.1, 0.15) is 0 Å². The summed E-state index contributed by atoms with van der Waals surface area (Å²) in [6.45, 7) is 2.18. The molecule has 0 saturated heterocycles. The van der Waals surface area contributed by atoms with Gasteiger partial charge in [-0.1, -0.05) is 91.0 Å². The Morgan fingerprint density at radius 3 is 1.59 bits per heavy atom. The first-order valence-electron chi connectivity index (χ1n) is 14.1. The molecule has 0 bridgehead atoms. The highest BCUT2D eigenvalue weighted by molar-refractivity contribution is 6.09. The number of terminal acetylenes is 1. The molecule has 0 unspecified atom stereocenters. The van der Waals surface area contributed by atoms with E-state index in [1.807, 2.05) is 0 Å². The van der Waals surface area contributed by atoms with Gasteiger partial charge in [-0.3, -0.25) is 0 Å². The molecule has 2 aromatic heterocycles. The van der Waals surface area contributed by atoms with Crippen LogP contribution in [0.5, 0.6) is 0 Å². The molecule has 7 rings (SSSR count). The van der Waals surface area contributed by atoms with Crippen molar-refractivity contribution in [1.82, 2.24) is 9.13 Å². The van der Waals surface area contributed by atoms with E-state index >= 15 is 0 Å². The van der Waals surface area contributed by atoms with Gasteiger partial charge in [-0.2, -0.15) is 0 Å². The maximum atomic E-state index is 5.47. The van der Waals surface area contributed by atoms with Crippen molar-refractivity contribution in [3.63, 3.8) is 0 Å². The van der Waals surface area contributed by atoms with Crippen LogP contribution in [0.15, 0.2) is 127 Å². The van der Waals surface area contributed by atoms with Crippen molar-refractivity contribution in [3.8, 4) is 23.7 Å². The fourth-order valence-electron chi connectivity index (χ4n) is 6.14. The molecule has 196 valence electrons. The third-order valence-electron chi connectivity index (χ3n) is 8.06. The van der Waals surface area contributed by atoms with E-state index in [4.69, 9.17) is 6.42 Å². The summed E-state index contributed by atoms with van der Waals surface area (Å²) in [7, 11) is 0. The van der Waals surface area contributed by atoms with E-state index in [0.717, 1.165) is 6.42 Å². The van der Waals surface area contributed by atoms with Crippen LogP contribution >= 0.6 is 0 Å². The molecular formula is C39H30N2. The number of para-hydroxylation sites is 3. The molecule has 0 aliphatic heterocycles. The van der Waals surface area contributed by atoms with Crippen molar-refractivity contribution in [3.05, 3.63) is 150 Å². The van der Waals surface area contributed by atoms with Crippen LogP contribution in [-0.4, -0.2) is 9.13 Å². The zero-order valence-electron chi connectivity index (χ0n) is 23.1. The lowest BCUT2D eigenvalue weighted by Gasteiger charge is -2.11.